The quantitative estimate of drug-likeness (QED) is 0.208. The molecule has 0 aliphatic heterocycles. The van der Waals surface area contributed by atoms with Crippen LogP contribution < -0.4 is 4.74 Å². The van der Waals surface area contributed by atoms with E-state index in [0.29, 0.717) is 5.01 Å². The first-order chi connectivity index (χ1) is 18.7. The van der Waals surface area contributed by atoms with Gasteiger partial charge in [-0.05, 0) is 89.1 Å². The summed E-state index contributed by atoms with van der Waals surface area (Å²) in [5.74, 6) is -5.93. The summed E-state index contributed by atoms with van der Waals surface area (Å²) >= 11 is 0. The van der Waals surface area contributed by atoms with E-state index >= 15 is 0 Å². The number of ether oxygens (including phenoxy) is 1. The van der Waals surface area contributed by atoms with E-state index in [1.807, 2.05) is 26.8 Å². The van der Waals surface area contributed by atoms with Crippen LogP contribution in [0.3, 0.4) is 0 Å². The lowest BCUT2D eigenvalue weighted by molar-refractivity contribution is -0.161. The molecule has 3 aromatic rings. The smallest absolute Gasteiger partial charge is 0.404 e. The summed E-state index contributed by atoms with van der Waals surface area (Å²) in [6, 6.07) is 16.6. The Bertz CT molecular complexity index is 1450. The molecule has 40 heavy (non-hydrogen) atoms. The number of aromatic carboxylic acids is 1. The Morgan fingerprint density at radius 3 is 1.90 bits per heavy atom. The van der Waals surface area contributed by atoms with Gasteiger partial charge in [0.15, 0.2) is 0 Å². The molecule has 0 saturated heterocycles. The molecule has 1 N–H and O–H groups in total. The molecule has 3 aromatic carbocycles. The fourth-order valence-electron chi connectivity index (χ4n) is 4.12. The van der Waals surface area contributed by atoms with Crippen LogP contribution in [0.15, 0.2) is 66.7 Å². The summed E-state index contributed by atoms with van der Waals surface area (Å²) in [7, 11) is 0. The Morgan fingerprint density at radius 2 is 1.38 bits per heavy atom. The van der Waals surface area contributed by atoms with Crippen molar-refractivity contribution in [1.82, 2.24) is 10.0 Å². The minimum Gasteiger partial charge on any atom is -0.478 e. The first-order valence-electron chi connectivity index (χ1n) is 12.7. The molecule has 3 rings (SSSR count). The van der Waals surface area contributed by atoms with E-state index in [1.54, 1.807) is 45.0 Å². The predicted molar refractivity (Wildman–Crippen MR) is 148 cm³/mol. The highest BCUT2D eigenvalue weighted by Crippen LogP contribution is 2.25. The van der Waals surface area contributed by atoms with Crippen molar-refractivity contribution < 1.29 is 33.8 Å². The molecule has 0 aliphatic carbocycles. The Morgan fingerprint density at radius 1 is 0.775 bits per heavy atom. The number of amides is 3. The molecule has 208 valence electrons. The van der Waals surface area contributed by atoms with Gasteiger partial charge < -0.3 is 9.84 Å². The Hall–Kier alpha value is -4.79. The van der Waals surface area contributed by atoms with Gasteiger partial charge in [0.05, 0.1) is 11.1 Å². The minimum absolute atomic E-state index is 0.0775. The van der Waals surface area contributed by atoms with Crippen LogP contribution in [-0.4, -0.2) is 50.3 Å². The maximum atomic E-state index is 13.9. The van der Waals surface area contributed by atoms with E-state index in [1.165, 1.54) is 30.3 Å². The number of hydrogen-bond donors (Lipinski definition) is 1. The zero-order valence-electron chi connectivity index (χ0n) is 23.3. The van der Waals surface area contributed by atoms with E-state index in [9.17, 15) is 29.1 Å². The van der Waals surface area contributed by atoms with Crippen molar-refractivity contribution in [3.8, 4) is 5.75 Å². The topological polar surface area (TPSA) is 121 Å². The molecule has 0 saturated carbocycles. The molecule has 9 nitrogen and oxygen atoms in total. The van der Waals surface area contributed by atoms with Gasteiger partial charge in [-0.2, -0.15) is 5.01 Å². The first kappa shape index (κ1) is 29.8. The lowest BCUT2D eigenvalue weighted by Gasteiger charge is -2.41. The van der Waals surface area contributed by atoms with Crippen LogP contribution in [0.5, 0.6) is 5.75 Å². The molecule has 0 unspecified atom stereocenters. The number of hydrogen-bond acceptors (Lipinski definition) is 6. The lowest BCUT2D eigenvalue weighted by atomic mass is 10.0. The third-order valence-electron chi connectivity index (χ3n) is 5.96. The van der Waals surface area contributed by atoms with Gasteiger partial charge in [0.25, 0.3) is 11.8 Å². The van der Waals surface area contributed by atoms with Crippen molar-refractivity contribution in [3.05, 3.63) is 100 Å². The Kier molecular flexibility index (Phi) is 8.88. The van der Waals surface area contributed by atoms with Gasteiger partial charge in [-0.3, -0.25) is 14.4 Å². The van der Waals surface area contributed by atoms with Gasteiger partial charge in [0.2, 0.25) is 0 Å². The van der Waals surface area contributed by atoms with E-state index in [-0.39, 0.29) is 22.4 Å². The van der Waals surface area contributed by atoms with Crippen molar-refractivity contribution in [2.75, 3.05) is 0 Å². The van der Waals surface area contributed by atoms with Gasteiger partial charge in [0, 0.05) is 11.1 Å². The standard InChI is InChI=1S/C31H32N2O7/c1-7-21-11-13-22(14-12-21)26(34)32(28(36)30(39)40-25-10-8-9-23(18-25)29(37)38)33(31(4,5)6)27(35)24-16-19(2)15-20(3)17-24/h8-18H,7H2,1-6H3,(H,37,38). The van der Waals surface area contributed by atoms with Gasteiger partial charge in [-0.1, -0.05) is 42.3 Å². The molecule has 0 aromatic heterocycles. The van der Waals surface area contributed by atoms with Crippen molar-refractivity contribution in [2.24, 2.45) is 0 Å². The van der Waals surface area contributed by atoms with Gasteiger partial charge in [-0.15, -0.1) is 0 Å². The number of carbonyl (C=O) groups excluding carboxylic acids is 4. The third kappa shape index (κ3) is 6.79. The molecule has 0 atom stereocenters. The van der Waals surface area contributed by atoms with Crippen LogP contribution in [-0.2, 0) is 16.0 Å². The summed E-state index contributed by atoms with van der Waals surface area (Å²) < 4.78 is 5.17. The Balaban J connectivity index is 2.12. The molecule has 0 fully saturated rings. The number of hydrazine groups is 1. The second-order valence-electron chi connectivity index (χ2n) is 10.4. The highest BCUT2D eigenvalue weighted by Gasteiger charge is 2.43. The van der Waals surface area contributed by atoms with Crippen molar-refractivity contribution in [1.29, 1.82) is 0 Å². The zero-order valence-corrected chi connectivity index (χ0v) is 23.3. The van der Waals surface area contributed by atoms with Gasteiger partial charge in [-0.25, -0.2) is 14.6 Å². The largest absolute Gasteiger partial charge is 0.478 e. The maximum absolute atomic E-state index is 13.9. The van der Waals surface area contributed by atoms with Crippen LogP contribution in [0, 0.1) is 13.8 Å². The molecular weight excluding hydrogens is 512 g/mol. The minimum atomic E-state index is -1.47. The highest BCUT2D eigenvalue weighted by molar-refractivity contribution is 6.37. The third-order valence-corrected chi connectivity index (χ3v) is 5.96. The first-order valence-corrected chi connectivity index (χ1v) is 12.7. The number of aryl methyl sites for hydroxylation is 3. The van der Waals surface area contributed by atoms with Gasteiger partial charge in [0.1, 0.15) is 5.75 Å². The molecule has 3 amide bonds. The number of carboxylic acids is 1. The lowest BCUT2D eigenvalue weighted by Crippen LogP contribution is -2.62. The number of benzene rings is 3. The molecule has 9 heteroatoms. The van der Waals surface area contributed by atoms with Crippen LogP contribution in [0.4, 0.5) is 0 Å². The molecule has 0 aliphatic rings. The van der Waals surface area contributed by atoms with E-state index in [0.717, 1.165) is 34.2 Å². The van der Waals surface area contributed by atoms with Crippen LogP contribution >= 0.6 is 0 Å². The van der Waals surface area contributed by atoms with Crippen LogP contribution in [0.1, 0.15) is 75.5 Å². The Labute approximate surface area is 232 Å². The van der Waals surface area contributed by atoms with Crippen molar-refractivity contribution in [2.45, 2.75) is 53.5 Å². The van der Waals surface area contributed by atoms with E-state index in [2.05, 4.69) is 0 Å². The maximum Gasteiger partial charge on any atom is 0.404 e. The molecule has 0 spiro atoms. The van der Waals surface area contributed by atoms with E-state index in [4.69, 9.17) is 4.74 Å². The second kappa shape index (κ2) is 11.9. The number of carbonyl (C=O) groups is 5. The molecular formula is C31H32N2O7. The normalized spacial score (nSPS) is 10.9. The monoisotopic (exact) mass is 544 g/mol. The second-order valence-corrected chi connectivity index (χ2v) is 10.4. The summed E-state index contributed by atoms with van der Waals surface area (Å²) in [4.78, 5) is 65.9. The molecule has 0 heterocycles. The fourth-order valence-corrected chi connectivity index (χ4v) is 4.12. The highest BCUT2D eigenvalue weighted by atomic mass is 16.5. The molecule has 0 radical (unpaired) electrons. The number of nitrogens with zero attached hydrogens (tertiary/aromatic N) is 2. The summed E-state index contributed by atoms with van der Waals surface area (Å²) in [6.07, 6.45) is 0.720. The average Bonchev–Trinajstić information content (AvgIpc) is 2.89. The van der Waals surface area contributed by atoms with Crippen molar-refractivity contribution in [3.63, 3.8) is 0 Å². The summed E-state index contributed by atoms with van der Waals surface area (Å²) in [5.41, 5.74) is 1.54. The fraction of sp³-hybridized carbons (Fsp3) is 0.258. The SMILES string of the molecule is CCc1ccc(C(=O)N(C(=O)C(=O)Oc2cccc(C(=O)O)c2)N(C(=O)c2cc(C)cc(C)c2)C(C)(C)C)cc1. The van der Waals surface area contributed by atoms with Crippen molar-refractivity contribution >= 4 is 29.7 Å². The predicted octanol–water partition coefficient (Wildman–Crippen LogP) is 4.99. The molecule has 0 bridgehead atoms. The number of carboxylic acid groups (broad SMARTS) is 1. The summed E-state index contributed by atoms with van der Waals surface area (Å²) in [5, 5.41) is 10.7. The van der Waals surface area contributed by atoms with E-state index < -0.39 is 35.2 Å². The number of imide groups is 1. The van der Waals surface area contributed by atoms with Gasteiger partial charge >= 0.3 is 17.8 Å². The number of rotatable bonds is 5. The zero-order chi connectivity index (χ0) is 29.8. The number of esters is 1. The average molecular weight is 545 g/mol. The van der Waals surface area contributed by atoms with Crippen LogP contribution in [0.25, 0.3) is 0 Å². The van der Waals surface area contributed by atoms with Crippen LogP contribution in [0.2, 0.25) is 0 Å². The summed E-state index contributed by atoms with van der Waals surface area (Å²) in [6.45, 7) is 10.5.